The lowest BCUT2D eigenvalue weighted by molar-refractivity contribution is 0.198. The molecule has 0 radical (unpaired) electrons. The van der Waals surface area contributed by atoms with Gasteiger partial charge < -0.3 is 4.90 Å². The van der Waals surface area contributed by atoms with Gasteiger partial charge in [0.05, 0.1) is 29.8 Å². The third kappa shape index (κ3) is 3.90. The largest absolute Gasteiger partial charge is 0.354 e. The summed E-state index contributed by atoms with van der Waals surface area (Å²) in [5, 5.41) is 1.11. The average Bonchev–Trinajstić information content (AvgIpc) is 3.06. The highest BCUT2D eigenvalue weighted by molar-refractivity contribution is 7.91. The SMILES string of the molecule is Cc1nc2cc(C(C)N3CCN(c4ccc(S(C)(=N)=O)cn4)CC3)ccc2s1. The fraction of sp³-hybridized carbons (Fsp3) is 0.400. The molecule has 148 valence electrons. The van der Waals surface area contributed by atoms with Gasteiger partial charge >= 0.3 is 0 Å². The molecule has 8 heteroatoms. The maximum Gasteiger partial charge on any atom is 0.128 e. The molecule has 0 saturated carbocycles. The van der Waals surface area contributed by atoms with Crippen molar-refractivity contribution in [3.63, 3.8) is 0 Å². The monoisotopic (exact) mass is 415 g/mol. The number of rotatable bonds is 4. The van der Waals surface area contributed by atoms with E-state index in [9.17, 15) is 4.21 Å². The Kier molecular flexibility index (Phi) is 5.11. The van der Waals surface area contributed by atoms with Crippen molar-refractivity contribution >= 4 is 37.1 Å². The molecule has 3 aromatic rings. The first kappa shape index (κ1) is 19.3. The Morgan fingerprint density at radius 2 is 1.93 bits per heavy atom. The zero-order valence-corrected chi connectivity index (χ0v) is 18.0. The molecule has 1 aromatic carbocycles. The maximum atomic E-state index is 11.8. The fourth-order valence-electron chi connectivity index (χ4n) is 3.66. The Labute approximate surface area is 170 Å². The summed E-state index contributed by atoms with van der Waals surface area (Å²) in [7, 11) is -2.71. The van der Waals surface area contributed by atoms with E-state index in [1.54, 1.807) is 23.6 Å². The van der Waals surface area contributed by atoms with Crippen LogP contribution in [-0.2, 0) is 9.73 Å². The van der Waals surface area contributed by atoms with Gasteiger partial charge in [-0.1, -0.05) is 6.07 Å². The van der Waals surface area contributed by atoms with Gasteiger partial charge in [0.2, 0.25) is 0 Å². The predicted molar refractivity (Wildman–Crippen MR) is 116 cm³/mol. The van der Waals surface area contributed by atoms with Gasteiger partial charge in [-0.2, -0.15) is 0 Å². The van der Waals surface area contributed by atoms with E-state index in [1.807, 2.05) is 6.07 Å². The highest BCUT2D eigenvalue weighted by Crippen LogP contribution is 2.28. The molecule has 1 aliphatic heterocycles. The number of piperazine rings is 1. The first-order valence-corrected chi connectivity index (χ1v) is 12.2. The van der Waals surface area contributed by atoms with Crippen molar-refractivity contribution in [1.29, 1.82) is 4.78 Å². The van der Waals surface area contributed by atoms with Gasteiger partial charge in [0, 0.05) is 44.7 Å². The second-order valence-corrected chi connectivity index (χ2v) is 10.7. The molecular formula is C20H25N5OS2. The molecule has 2 atom stereocenters. The number of fused-ring (bicyclic) bond motifs is 1. The lowest BCUT2D eigenvalue weighted by atomic mass is 10.1. The van der Waals surface area contributed by atoms with E-state index in [0.717, 1.165) is 42.5 Å². The molecule has 0 amide bonds. The number of hydrogen-bond acceptors (Lipinski definition) is 7. The van der Waals surface area contributed by atoms with E-state index >= 15 is 0 Å². The summed E-state index contributed by atoms with van der Waals surface area (Å²) in [6, 6.07) is 10.6. The minimum absolute atomic E-state index is 0.344. The van der Waals surface area contributed by atoms with Crippen LogP contribution in [0, 0.1) is 11.7 Å². The number of aryl methyl sites for hydroxylation is 1. The van der Waals surface area contributed by atoms with E-state index in [0.29, 0.717) is 10.9 Å². The van der Waals surface area contributed by atoms with Crippen molar-refractivity contribution in [1.82, 2.24) is 14.9 Å². The number of pyridine rings is 1. The van der Waals surface area contributed by atoms with Crippen LogP contribution in [0.15, 0.2) is 41.4 Å². The minimum atomic E-state index is -2.71. The molecule has 0 aliphatic carbocycles. The zero-order chi connectivity index (χ0) is 19.9. The first-order valence-electron chi connectivity index (χ1n) is 9.37. The van der Waals surface area contributed by atoms with Gasteiger partial charge in [-0.25, -0.2) is 19.0 Å². The van der Waals surface area contributed by atoms with Crippen LogP contribution in [0.4, 0.5) is 5.82 Å². The Morgan fingerprint density at radius 1 is 1.18 bits per heavy atom. The van der Waals surface area contributed by atoms with Crippen LogP contribution in [-0.4, -0.2) is 51.5 Å². The molecule has 2 unspecified atom stereocenters. The van der Waals surface area contributed by atoms with Gasteiger partial charge in [-0.3, -0.25) is 4.90 Å². The molecule has 28 heavy (non-hydrogen) atoms. The second-order valence-electron chi connectivity index (χ2n) is 7.35. The Bertz CT molecular complexity index is 1080. The van der Waals surface area contributed by atoms with E-state index in [-0.39, 0.29) is 0 Å². The molecular weight excluding hydrogens is 390 g/mol. The summed E-state index contributed by atoms with van der Waals surface area (Å²) < 4.78 is 20.7. The van der Waals surface area contributed by atoms with E-state index in [1.165, 1.54) is 16.5 Å². The summed E-state index contributed by atoms with van der Waals surface area (Å²) in [6.45, 7) is 8.03. The Morgan fingerprint density at radius 3 is 2.57 bits per heavy atom. The van der Waals surface area contributed by atoms with Crippen LogP contribution < -0.4 is 4.90 Å². The lowest BCUT2D eigenvalue weighted by Gasteiger charge is -2.38. The van der Waals surface area contributed by atoms with Crippen molar-refractivity contribution in [2.75, 3.05) is 37.3 Å². The van der Waals surface area contributed by atoms with Crippen LogP contribution in [0.25, 0.3) is 10.2 Å². The average molecular weight is 416 g/mol. The summed E-state index contributed by atoms with van der Waals surface area (Å²) >= 11 is 1.74. The highest BCUT2D eigenvalue weighted by Gasteiger charge is 2.23. The van der Waals surface area contributed by atoms with E-state index in [2.05, 4.69) is 51.8 Å². The zero-order valence-electron chi connectivity index (χ0n) is 16.4. The van der Waals surface area contributed by atoms with Crippen LogP contribution in [0.5, 0.6) is 0 Å². The van der Waals surface area contributed by atoms with Gasteiger partial charge in [0.15, 0.2) is 0 Å². The summed E-state index contributed by atoms with van der Waals surface area (Å²) in [4.78, 5) is 14.3. The predicted octanol–water partition coefficient (Wildman–Crippen LogP) is 3.92. The van der Waals surface area contributed by atoms with Crippen molar-refractivity contribution < 1.29 is 4.21 Å². The van der Waals surface area contributed by atoms with Crippen LogP contribution in [0.3, 0.4) is 0 Å². The smallest absolute Gasteiger partial charge is 0.128 e. The molecule has 4 rings (SSSR count). The fourth-order valence-corrected chi connectivity index (χ4v) is 5.05. The van der Waals surface area contributed by atoms with Crippen LogP contribution in [0.1, 0.15) is 23.5 Å². The normalized spacial score (nSPS) is 18.9. The molecule has 3 heterocycles. The van der Waals surface area contributed by atoms with E-state index in [4.69, 9.17) is 4.78 Å². The molecule has 0 bridgehead atoms. The van der Waals surface area contributed by atoms with Gasteiger partial charge in [-0.05, 0) is 43.7 Å². The molecule has 2 aromatic heterocycles. The molecule has 0 spiro atoms. The maximum absolute atomic E-state index is 11.8. The Balaban J connectivity index is 1.42. The highest BCUT2D eigenvalue weighted by atomic mass is 32.2. The number of thiazole rings is 1. The van der Waals surface area contributed by atoms with Crippen molar-refractivity contribution in [2.45, 2.75) is 24.8 Å². The molecule has 1 saturated heterocycles. The quantitative estimate of drug-likeness (QED) is 0.699. The van der Waals surface area contributed by atoms with Crippen LogP contribution >= 0.6 is 11.3 Å². The van der Waals surface area contributed by atoms with Gasteiger partial charge in [-0.15, -0.1) is 11.3 Å². The summed E-state index contributed by atoms with van der Waals surface area (Å²) in [5.74, 6) is 0.888. The number of nitrogens with one attached hydrogen (secondary N) is 1. The third-order valence-corrected chi connectivity index (χ3v) is 7.45. The standard InChI is InChI=1S/C20H25N5OS2/c1-14(16-4-6-19-18(12-16)23-15(2)27-19)24-8-10-25(11-9-24)20-7-5-17(13-22-20)28(3,21)26/h4-7,12-14,21H,8-11H2,1-3H3. The number of aromatic nitrogens is 2. The second kappa shape index (κ2) is 7.42. The molecule has 1 aliphatic rings. The van der Waals surface area contributed by atoms with Crippen LogP contribution in [0.2, 0.25) is 0 Å². The first-order chi connectivity index (χ1) is 13.3. The molecule has 1 fully saturated rings. The molecule has 1 N–H and O–H groups in total. The number of anilines is 1. The Hall–Kier alpha value is -2.03. The van der Waals surface area contributed by atoms with Crippen molar-refractivity contribution in [3.8, 4) is 0 Å². The summed E-state index contributed by atoms with van der Waals surface area (Å²) in [6.07, 6.45) is 3.00. The van der Waals surface area contributed by atoms with E-state index < -0.39 is 9.73 Å². The minimum Gasteiger partial charge on any atom is -0.354 e. The molecule has 6 nitrogen and oxygen atoms in total. The summed E-state index contributed by atoms with van der Waals surface area (Å²) in [5.41, 5.74) is 2.40. The topological polar surface area (TPSA) is 73.2 Å². The third-order valence-electron chi connectivity index (χ3n) is 5.36. The van der Waals surface area contributed by atoms with Crippen molar-refractivity contribution in [2.24, 2.45) is 0 Å². The lowest BCUT2D eigenvalue weighted by Crippen LogP contribution is -2.47. The number of nitrogens with zero attached hydrogens (tertiary/aromatic N) is 4. The van der Waals surface area contributed by atoms with Gasteiger partial charge in [0.25, 0.3) is 0 Å². The van der Waals surface area contributed by atoms with Crippen molar-refractivity contribution in [3.05, 3.63) is 47.1 Å². The number of hydrogen-bond donors (Lipinski definition) is 1. The number of benzene rings is 1. The van der Waals surface area contributed by atoms with Gasteiger partial charge in [0.1, 0.15) is 5.82 Å².